The molecule has 1 aromatic carbocycles. The summed E-state index contributed by atoms with van der Waals surface area (Å²) in [5.41, 5.74) is 2.39. The first-order valence-electron chi connectivity index (χ1n) is 9.18. The second kappa shape index (κ2) is 8.83. The number of benzene rings is 1. The molecule has 31 heavy (non-hydrogen) atoms. The molecule has 0 unspecified atom stereocenters. The van der Waals surface area contributed by atoms with Crippen molar-refractivity contribution in [2.24, 2.45) is 0 Å². The Morgan fingerprint density at radius 2 is 1.97 bits per heavy atom. The molecule has 0 aliphatic carbocycles. The van der Waals surface area contributed by atoms with Gasteiger partial charge in [-0.2, -0.15) is 18.4 Å². The third kappa shape index (κ3) is 5.17. The van der Waals surface area contributed by atoms with Crippen molar-refractivity contribution < 1.29 is 18.0 Å². The molecule has 158 valence electrons. The van der Waals surface area contributed by atoms with E-state index in [-0.39, 0.29) is 12.1 Å². The molecule has 0 radical (unpaired) electrons. The van der Waals surface area contributed by atoms with Crippen molar-refractivity contribution in [2.75, 3.05) is 23.8 Å². The Morgan fingerprint density at radius 3 is 2.68 bits per heavy atom. The van der Waals surface area contributed by atoms with Gasteiger partial charge in [0.05, 0.1) is 18.0 Å². The number of nitrogens with one attached hydrogen (secondary N) is 1. The number of nitrogens with zero attached hydrogens (tertiary/aromatic N) is 4. The van der Waals surface area contributed by atoms with Gasteiger partial charge >= 0.3 is 6.18 Å². The Balaban J connectivity index is 1.88. The van der Waals surface area contributed by atoms with E-state index in [1.165, 1.54) is 6.07 Å². The zero-order valence-corrected chi connectivity index (χ0v) is 16.7. The van der Waals surface area contributed by atoms with E-state index in [9.17, 15) is 18.0 Å². The van der Waals surface area contributed by atoms with Crippen LogP contribution in [-0.2, 0) is 6.18 Å². The van der Waals surface area contributed by atoms with E-state index >= 15 is 0 Å². The summed E-state index contributed by atoms with van der Waals surface area (Å²) < 4.78 is 38.6. The Hall–Kier alpha value is -3.93. The maximum atomic E-state index is 12.9. The van der Waals surface area contributed by atoms with Crippen LogP contribution in [0.2, 0.25) is 0 Å². The van der Waals surface area contributed by atoms with E-state index in [0.29, 0.717) is 11.8 Å². The molecule has 3 rings (SSSR count). The van der Waals surface area contributed by atoms with Crippen molar-refractivity contribution in [3.05, 3.63) is 71.8 Å². The lowest BCUT2D eigenvalue weighted by atomic mass is 10.0. The first kappa shape index (κ1) is 21.8. The Bertz CT molecular complexity index is 1150. The molecule has 0 spiro atoms. The van der Waals surface area contributed by atoms with Crippen LogP contribution in [-0.4, -0.2) is 29.5 Å². The number of hydrogen-bond acceptors (Lipinski definition) is 5. The summed E-state index contributed by atoms with van der Waals surface area (Å²) in [6, 6.07) is 11.1. The minimum Gasteiger partial charge on any atom is -0.360 e. The van der Waals surface area contributed by atoms with Gasteiger partial charge in [-0.25, -0.2) is 0 Å². The summed E-state index contributed by atoms with van der Waals surface area (Å²) >= 11 is 0. The van der Waals surface area contributed by atoms with Crippen LogP contribution in [0, 0.1) is 18.3 Å². The fraction of sp³-hybridized carbons (Fsp3) is 0.182. The summed E-state index contributed by atoms with van der Waals surface area (Å²) in [5, 5.41) is 11.5. The Kier molecular flexibility index (Phi) is 6.20. The molecule has 9 heteroatoms. The van der Waals surface area contributed by atoms with Crippen LogP contribution in [0.3, 0.4) is 0 Å². The van der Waals surface area contributed by atoms with Gasteiger partial charge in [-0.15, -0.1) is 0 Å². The minimum absolute atomic E-state index is 0.147. The molecule has 0 fully saturated rings. The average Bonchev–Trinajstić information content (AvgIpc) is 2.75. The topological polar surface area (TPSA) is 81.9 Å². The molecule has 2 aromatic heterocycles. The van der Waals surface area contributed by atoms with Crippen molar-refractivity contribution in [1.82, 2.24) is 9.97 Å². The quantitative estimate of drug-likeness (QED) is 0.600. The molecule has 3 aromatic rings. The van der Waals surface area contributed by atoms with Crippen LogP contribution in [0.15, 0.2) is 55.0 Å². The monoisotopic (exact) mass is 425 g/mol. The minimum atomic E-state index is -4.63. The number of halogens is 3. The summed E-state index contributed by atoms with van der Waals surface area (Å²) in [6.45, 7) is 2.09. The van der Waals surface area contributed by atoms with Crippen LogP contribution in [0.5, 0.6) is 0 Å². The number of alkyl halides is 3. The number of carbonyl (C=O) groups is 1. The second-order valence-corrected chi connectivity index (χ2v) is 6.86. The molecule has 0 atom stereocenters. The predicted octanol–water partition coefficient (Wildman–Crippen LogP) is 4.68. The lowest BCUT2D eigenvalue weighted by Crippen LogP contribution is -2.17. The van der Waals surface area contributed by atoms with E-state index in [2.05, 4.69) is 21.4 Å². The number of anilines is 2. The van der Waals surface area contributed by atoms with Crippen LogP contribution in [0.1, 0.15) is 21.6 Å². The van der Waals surface area contributed by atoms with Gasteiger partial charge in [0, 0.05) is 36.3 Å². The van der Waals surface area contributed by atoms with E-state index in [4.69, 9.17) is 5.26 Å². The summed E-state index contributed by atoms with van der Waals surface area (Å²) in [7, 11) is 1.78. The highest BCUT2D eigenvalue weighted by Crippen LogP contribution is 2.30. The largest absolute Gasteiger partial charge is 0.433 e. The number of pyridine rings is 2. The van der Waals surface area contributed by atoms with Crippen LogP contribution in [0.25, 0.3) is 11.1 Å². The van der Waals surface area contributed by atoms with Gasteiger partial charge in [0.2, 0.25) is 0 Å². The zero-order chi connectivity index (χ0) is 22.6. The maximum Gasteiger partial charge on any atom is 0.433 e. The Labute approximate surface area is 177 Å². The third-order valence-corrected chi connectivity index (χ3v) is 4.59. The van der Waals surface area contributed by atoms with Gasteiger partial charge in [0.15, 0.2) is 0 Å². The normalized spacial score (nSPS) is 11.0. The summed E-state index contributed by atoms with van der Waals surface area (Å²) in [5.74, 6) is -0.677. The lowest BCUT2D eigenvalue weighted by Gasteiger charge is -2.16. The molecule has 0 bridgehead atoms. The zero-order valence-electron chi connectivity index (χ0n) is 16.7. The molecule has 1 N–H and O–H groups in total. The smallest absolute Gasteiger partial charge is 0.360 e. The SMILES string of the molecule is Cc1ccc(NC(=O)c2ccnc(C(F)(F)F)c2)cc1-c1cncc(N(C)CC#N)c1. The Morgan fingerprint density at radius 1 is 1.19 bits per heavy atom. The molecular weight excluding hydrogens is 407 g/mol. The highest BCUT2D eigenvalue weighted by Gasteiger charge is 2.32. The number of carbonyl (C=O) groups excluding carboxylic acids is 1. The summed E-state index contributed by atoms with van der Waals surface area (Å²) in [4.78, 5) is 21.7. The fourth-order valence-corrected chi connectivity index (χ4v) is 2.92. The number of aromatic nitrogens is 2. The second-order valence-electron chi connectivity index (χ2n) is 6.86. The number of hydrogen-bond donors (Lipinski definition) is 1. The molecular formula is C22H18F3N5O. The van der Waals surface area contributed by atoms with Gasteiger partial charge in [0.1, 0.15) is 12.2 Å². The maximum absolute atomic E-state index is 12.9. The van der Waals surface area contributed by atoms with E-state index < -0.39 is 17.8 Å². The number of rotatable bonds is 5. The van der Waals surface area contributed by atoms with Gasteiger partial charge in [0.25, 0.3) is 5.91 Å². The number of amides is 1. The van der Waals surface area contributed by atoms with Crippen LogP contribution >= 0.6 is 0 Å². The van der Waals surface area contributed by atoms with Crippen molar-refractivity contribution >= 4 is 17.3 Å². The molecule has 0 saturated carbocycles. The first-order chi connectivity index (χ1) is 14.7. The molecule has 2 heterocycles. The van der Waals surface area contributed by atoms with Crippen LogP contribution < -0.4 is 10.2 Å². The number of aryl methyl sites for hydroxylation is 1. The van der Waals surface area contributed by atoms with Crippen molar-refractivity contribution in [3.63, 3.8) is 0 Å². The highest BCUT2D eigenvalue weighted by molar-refractivity contribution is 6.04. The first-order valence-corrected chi connectivity index (χ1v) is 9.18. The van der Waals surface area contributed by atoms with Crippen molar-refractivity contribution in [3.8, 4) is 17.2 Å². The van der Waals surface area contributed by atoms with Crippen LogP contribution in [0.4, 0.5) is 24.5 Å². The van der Waals surface area contributed by atoms with Gasteiger partial charge < -0.3 is 10.2 Å². The summed E-state index contributed by atoms with van der Waals surface area (Å²) in [6.07, 6.45) is -0.378. The highest BCUT2D eigenvalue weighted by atomic mass is 19.4. The molecule has 0 aliphatic heterocycles. The molecule has 0 saturated heterocycles. The predicted molar refractivity (Wildman–Crippen MR) is 110 cm³/mol. The van der Waals surface area contributed by atoms with Gasteiger partial charge in [-0.1, -0.05) is 6.07 Å². The third-order valence-electron chi connectivity index (χ3n) is 4.59. The molecule has 6 nitrogen and oxygen atoms in total. The van der Waals surface area contributed by atoms with Crippen molar-refractivity contribution in [2.45, 2.75) is 13.1 Å². The molecule has 0 aliphatic rings. The average molecular weight is 425 g/mol. The van der Waals surface area contributed by atoms with Gasteiger partial charge in [-0.05, 0) is 48.4 Å². The van der Waals surface area contributed by atoms with Crippen molar-refractivity contribution in [1.29, 1.82) is 5.26 Å². The molecule has 1 amide bonds. The fourth-order valence-electron chi connectivity index (χ4n) is 2.92. The standard InChI is InChI=1S/C22H18F3N5O/c1-14-3-4-17(29-21(31)15-5-7-28-20(10-15)22(23,24)25)11-19(14)16-9-18(13-27-12-16)30(2)8-6-26/h3-5,7,9-13H,8H2,1-2H3,(H,29,31). The van der Waals surface area contributed by atoms with E-state index in [1.807, 2.05) is 13.0 Å². The van der Waals surface area contributed by atoms with E-state index in [0.717, 1.165) is 28.6 Å². The lowest BCUT2D eigenvalue weighted by molar-refractivity contribution is -0.141. The van der Waals surface area contributed by atoms with Gasteiger partial charge in [-0.3, -0.25) is 14.8 Å². The van der Waals surface area contributed by atoms with E-state index in [1.54, 1.807) is 42.5 Å². The number of nitriles is 1.